The number of hydrogen-bond donors (Lipinski definition) is 0. The number of halogens is 1. The molecular weight excluding hydrogens is 327 g/mol. The summed E-state index contributed by atoms with van der Waals surface area (Å²) in [5.41, 5.74) is 4.63. The molecule has 0 amide bonds. The smallest absolute Gasteiger partial charge is 0.189 e. The molecule has 1 aliphatic carbocycles. The molecule has 3 nitrogen and oxygen atoms in total. The maximum absolute atomic E-state index is 13.4. The van der Waals surface area contributed by atoms with Crippen LogP contribution < -0.4 is 4.90 Å². The molecule has 26 heavy (non-hydrogen) atoms. The number of aryl methyl sites for hydroxylation is 1. The van der Waals surface area contributed by atoms with E-state index in [1.54, 1.807) is 6.07 Å². The Bertz CT molecular complexity index is 866. The number of piperazine rings is 1. The molecule has 1 saturated heterocycles. The third kappa shape index (κ3) is 3.42. The number of carbonyl (C=O) groups is 1. The maximum atomic E-state index is 13.4. The predicted octanol–water partition coefficient (Wildman–Crippen LogP) is 3.79. The molecule has 2 aromatic rings. The van der Waals surface area contributed by atoms with Gasteiger partial charge in [0.2, 0.25) is 0 Å². The fourth-order valence-electron chi connectivity index (χ4n) is 3.76. The van der Waals surface area contributed by atoms with E-state index < -0.39 is 0 Å². The van der Waals surface area contributed by atoms with Crippen molar-refractivity contribution in [3.05, 3.63) is 70.5 Å². The number of likely N-dealkylation sites (N-methyl/N-ethyl adjacent to an activating group) is 1. The Morgan fingerprint density at radius 1 is 1.00 bits per heavy atom. The lowest BCUT2D eigenvalue weighted by Crippen LogP contribution is -2.44. The predicted molar refractivity (Wildman–Crippen MR) is 103 cm³/mol. The Morgan fingerprint density at radius 3 is 2.58 bits per heavy atom. The highest BCUT2D eigenvalue weighted by Crippen LogP contribution is 2.30. The van der Waals surface area contributed by atoms with Crippen molar-refractivity contribution >= 4 is 17.5 Å². The quantitative estimate of drug-likeness (QED) is 0.770. The lowest BCUT2D eigenvalue weighted by Gasteiger charge is -2.34. The van der Waals surface area contributed by atoms with Gasteiger partial charge in [-0.25, -0.2) is 4.39 Å². The van der Waals surface area contributed by atoms with Crippen molar-refractivity contribution in [2.45, 2.75) is 12.8 Å². The second kappa shape index (κ2) is 7.04. The summed E-state index contributed by atoms with van der Waals surface area (Å²) >= 11 is 0. The van der Waals surface area contributed by atoms with Crippen molar-refractivity contribution in [1.29, 1.82) is 0 Å². The van der Waals surface area contributed by atoms with Crippen molar-refractivity contribution in [3.8, 4) is 0 Å². The van der Waals surface area contributed by atoms with E-state index >= 15 is 0 Å². The van der Waals surface area contributed by atoms with Crippen LogP contribution in [-0.4, -0.2) is 43.9 Å². The third-order valence-electron chi connectivity index (χ3n) is 5.35. The van der Waals surface area contributed by atoms with Crippen molar-refractivity contribution in [2.75, 3.05) is 38.1 Å². The highest BCUT2D eigenvalue weighted by atomic mass is 19.1. The van der Waals surface area contributed by atoms with Crippen LogP contribution in [0.3, 0.4) is 0 Å². The van der Waals surface area contributed by atoms with Gasteiger partial charge in [-0.15, -0.1) is 0 Å². The molecule has 4 rings (SSSR count). The molecule has 0 saturated carbocycles. The Labute approximate surface area is 153 Å². The van der Waals surface area contributed by atoms with Crippen LogP contribution in [0.1, 0.15) is 27.9 Å². The van der Waals surface area contributed by atoms with E-state index in [9.17, 15) is 9.18 Å². The minimum atomic E-state index is -0.278. The van der Waals surface area contributed by atoms with Gasteiger partial charge in [0.15, 0.2) is 5.78 Å². The van der Waals surface area contributed by atoms with E-state index in [0.717, 1.165) is 54.9 Å². The van der Waals surface area contributed by atoms with Gasteiger partial charge in [0.1, 0.15) is 5.82 Å². The lowest BCUT2D eigenvalue weighted by molar-refractivity contribution is 0.102. The summed E-state index contributed by atoms with van der Waals surface area (Å²) in [7, 11) is 2.15. The highest BCUT2D eigenvalue weighted by Gasteiger charge is 2.23. The van der Waals surface area contributed by atoms with E-state index in [0.29, 0.717) is 6.42 Å². The number of hydrogen-bond acceptors (Lipinski definition) is 3. The molecule has 1 fully saturated rings. The molecule has 0 N–H and O–H groups in total. The van der Waals surface area contributed by atoms with Crippen LogP contribution in [0.4, 0.5) is 10.1 Å². The van der Waals surface area contributed by atoms with Gasteiger partial charge in [-0.3, -0.25) is 4.79 Å². The second-order valence-corrected chi connectivity index (χ2v) is 7.19. The van der Waals surface area contributed by atoms with E-state index in [-0.39, 0.29) is 11.6 Å². The zero-order chi connectivity index (χ0) is 18.1. The van der Waals surface area contributed by atoms with Gasteiger partial charge in [-0.05, 0) is 67.4 Å². The van der Waals surface area contributed by atoms with Gasteiger partial charge in [0.25, 0.3) is 0 Å². The first kappa shape index (κ1) is 17.0. The second-order valence-electron chi connectivity index (χ2n) is 7.19. The van der Waals surface area contributed by atoms with Crippen LogP contribution in [0.2, 0.25) is 0 Å². The fraction of sp³-hybridized carbons (Fsp3) is 0.318. The van der Waals surface area contributed by atoms with Gasteiger partial charge in [-0.1, -0.05) is 12.1 Å². The minimum Gasteiger partial charge on any atom is -0.369 e. The van der Waals surface area contributed by atoms with Gasteiger partial charge >= 0.3 is 0 Å². The summed E-state index contributed by atoms with van der Waals surface area (Å²) in [5.74, 6) is -0.208. The summed E-state index contributed by atoms with van der Waals surface area (Å²) < 4.78 is 13.4. The summed E-state index contributed by atoms with van der Waals surface area (Å²) in [6.07, 6.45) is 3.38. The number of ketones is 1. The van der Waals surface area contributed by atoms with Crippen LogP contribution >= 0.6 is 0 Å². The molecule has 0 spiro atoms. The highest BCUT2D eigenvalue weighted by molar-refractivity contribution is 6.13. The Balaban J connectivity index is 1.57. The largest absolute Gasteiger partial charge is 0.369 e. The van der Waals surface area contributed by atoms with Crippen LogP contribution in [0.25, 0.3) is 6.08 Å². The summed E-state index contributed by atoms with van der Waals surface area (Å²) in [6, 6.07) is 12.6. The fourth-order valence-corrected chi connectivity index (χ4v) is 3.76. The number of carbonyl (C=O) groups excluding carboxylic acids is 1. The molecule has 0 bridgehead atoms. The van der Waals surface area contributed by atoms with E-state index in [1.165, 1.54) is 17.8 Å². The number of Topliss-reactive ketones (excluding diaryl/α,β-unsaturated/α-hetero) is 1. The van der Waals surface area contributed by atoms with E-state index in [2.05, 4.69) is 29.0 Å². The van der Waals surface area contributed by atoms with Crippen molar-refractivity contribution in [3.63, 3.8) is 0 Å². The number of fused-ring (bicyclic) bond motifs is 1. The van der Waals surface area contributed by atoms with E-state index in [4.69, 9.17) is 0 Å². The normalized spacial score (nSPS) is 19.7. The van der Waals surface area contributed by atoms with Crippen LogP contribution in [0.5, 0.6) is 0 Å². The van der Waals surface area contributed by atoms with Gasteiger partial charge in [-0.2, -0.15) is 0 Å². The summed E-state index contributed by atoms with van der Waals surface area (Å²) in [6.45, 7) is 4.18. The average Bonchev–Trinajstić information content (AvgIpc) is 2.64. The minimum absolute atomic E-state index is 0.0699. The van der Waals surface area contributed by atoms with Gasteiger partial charge in [0, 0.05) is 43.0 Å². The monoisotopic (exact) mass is 350 g/mol. The third-order valence-corrected chi connectivity index (χ3v) is 5.35. The molecule has 1 aliphatic heterocycles. The van der Waals surface area contributed by atoms with Gasteiger partial charge < -0.3 is 9.80 Å². The van der Waals surface area contributed by atoms with Crippen LogP contribution in [0.15, 0.2) is 48.0 Å². The first-order chi connectivity index (χ1) is 12.6. The molecule has 2 aromatic carbocycles. The number of nitrogens with zero attached hydrogens (tertiary/aromatic N) is 2. The topological polar surface area (TPSA) is 23.6 Å². The van der Waals surface area contributed by atoms with E-state index in [1.807, 2.05) is 18.2 Å². The number of rotatable bonds is 2. The molecule has 0 aromatic heterocycles. The maximum Gasteiger partial charge on any atom is 0.189 e. The summed E-state index contributed by atoms with van der Waals surface area (Å²) in [4.78, 5) is 17.6. The van der Waals surface area contributed by atoms with Crippen LogP contribution in [-0.2, 0) is 6.42 Å². The molecule has 134 valence electrons. The SMILES string of the molecule is CN1CCN(c2ccc3c(c2)CC/C(=C\c2cccc(F)c2)C3=O)CC1. The first-order valence-corrected chi connectivity index (χ1v) is 9.17. The average molecular weight is 350 g/mol. The van der Waals surface area contributed by atoms with Gasteiger partial charge in [0.05, 0.1) is 0 Å². The van der Waals surface area contributed by atoms with Crippen molar-refractivity contribution in [1.82, 2.24) is 4.90 Å². The first-order valence-electron chi connectivity index (χ1n) is 9.17. The summed E-state index contributed by atoms with van der Waals surface area (Å²) in [5, 5.41) is 0. The molecule has 4 heteroatoms. The zero-order valence-corrected chi connectivity index (χ0v) is 15.0. The number of allylic oxidation sites excluding steroid dienone is 1. The standard InChI is InChI=1S/C22H23FN2O/c1-24-9-11-25(12-10-24)20-7-8-21-17(15-20)5-6-18(22(21)26)13-16-3-2-4-19(23)14-16/h2-4,7-8,13-15H,5-6,9-12H2,1H3/b18-13+. The Kier molecular flexibility index (Phi) is 4.60. The molecule has 1 heterocycles. The molecule has 2 aliphatic rings. The molecule has 0 atom stereocenters. The Morgan fingerprint density at radius 2 is 1.81 bits per heavy atom. The molecule has 0 unspecified atom stereocenters. The molecule has 0 radical (unpaired) electrons. The van der Waals surface area contributed by atoms with Crippen LogP contribution in [0, 0.1) is 5.82 Å². The lowest BCUT2D eigenvalue weighted by atomic mass is 9.85. The number of benzene rings is 2. The number of anilines is 1. The molecular formula is C22H23FN2O. The Hall–Kier alpha value is -2.46. The van der Waals surface area contributed by atoms with Crippen molar-refractivity contribution < 1.29 is 9.18 Å². The van der Waals surface area contributed by atoms with Crippen molar-refractivity contribution in [2.24, 2.45) is 0 Å². The zero-order valence-electron chi connectivity index (χ0n) is 15.0.